The van der Waals surface area contributed by atoms with E-state index in [-0.39, 0.29) is 54.0 Å². The summed E-state index contributed by atoms with van der Waals surface area (Å²) in [4.78, 5) is 25.8. The third-order valence-electron chi connectivity index (χ3n) is 7.01. The minimum absolute atomic E-state index is 0.0376. The van der Waals surface area contributed by atoms with Crippen molar-refractivity contribution >= 4 is 23.5 Å². The van der Waals surface area contributed by atoms with Crippen LogP contribution in [0.25, 0.3) is 11.3 Å². The Bertz CT molecular complexity index is 1360. The van der Waals surface area contributed by atoms with Crippen molar-refractivity contribution in [2.45, 2.75) is 38.1 Å². The van der Waals surface area contributed by atoms with Gasteiger partial charge in [0.2, 0.25) is 5.91 Å². The zero-order valence-electron chi connectivity index (χ0n) is 19.5. The van der Waals surface area contributed by atoms with E-state index in [0.717, 1.165) is 11.6 Å². The van der Waals surface area contributed by atoms with Gasteiger partial charge in [-0.3, -0.25) is 9.48 Å². The van der Waals surface area contributed by atoms with Crippen molar-refractivity contribution in [2.75, 3.05) is 13.1 Å². The van der Waals surface area contributed by atoms with Gasteiger partial charge in [0, 0.05) is 52.8 Å². The molecule has 2 N–H and O–H groups in total. The molecule has 7 nitrogen and oxygen atoms in total. The number of halogens is 4. The number of carbonyl (C=O) groups is 2. The van der Waals surface area contributed by atoms with E-state index in [1.54, 1.807) is 17.0 Å². The Labute approximate surface area is 215 Å². The summed E-state index contributed by atoms with van der Waals surface area (Å²) < 4.78 is 42.8. The maximum absolute atomic E-state index is 13.8. The van der Waals surface area contributed by atoms with Crippen LogP contribution in [-0.4, -0.2) is 56.0 Å². The van der Waals surface area contributed by atoms with Gasteiger partial charge in [0.05, 0.1) is 29.5 Å². The minimum Gasteiger partial charge on any atom is -0.478 e. The van der Waals surface area contributed by atoms with Crippen LogP contribution < -0.4 is 0 Å². The highest BCUT2D eigenvalue weighted by Gasteiger charge is 2.38. The van der Waals surface area contributed by atoms with Crippen molar-refractivity contribution in [1.82, 2.24) is 14.7 Å². The summed E-state index contributed by atoms with van der Waals surface area (Å²) in [7, 11) is 0. The first kappa shape index (κ1) is 25.3. The highest BCUT2D eigenvalue weighted by Crippen LogP contribution is 2.38. The first-order valence-corrected chi connectivity index (χ1v) is 12.1. The Morgan fingerprint density at radius 1 is 1.11 bits per heavy atom. The first-order chi connectivity index (χ1) is 17.5. The molecule has 1 unspecified atom stereocenters. The molecule has 1 atom stereocenters. The number of alkyl halides is 3. The number of likely N-dealkylation sites (tertiary alicyclic amines) is 1. The zero-order valence-corrected chi connectivity index (χ0v) is 20.3. The molecule has 1 amide bonds. The van der Waals surface area contributed by atoms with Crippen molar-refractivity contribution in [2.24, 2.45) is 5.92 Å². The standard InChI is InChI=1S/C26H23ClF3N3O4/c27-21-3-1-2-20(26(28,29)30)19(21)13-33-22-10-16(24(35)32-11-17(34)12-32)8-9-18(22)23(31-33)14-4-6-15(7-5-14)25(36)37/h1-7,16-17,34H,8-13H2,(H,36,37). The number of hydrogen-bond acceptors (Lipinski definition) is 4. The highest BCUT2D eigenvalue weighted by molar-refractivity contribution is 6.31. The largest absolute Gasteiger partial charge is 0.478 e. The SMILES string of the molecule is O=C(O)c1ccc(-c2nn(Cc3c(Cl)cccc3C(F)(F)F)c3c2CCC(C(=O)N2CC(O)C2)C3)cc1. The molecule has 1 fully saturated rings. The van der Waals surface area contributed by atoms with E-state index < -0.39 is 23.8 Å². The van der Waals surface area contributed by atoms with Gasteiger partial charge in [0.1, 0.15) is 0 Å². The van der Waals surface area contributed by atoms with Crippen molar-refractivity contribution in [3.8, 4) is 11.3 Å². The van der Waals surface area contributed by atoms with Gasteiger partial charge < -0.3 is 15.1 Å². The van der Waals surface area contributed by atoms with E-state index in [2.05, 4.69) is 5.10 Å². The monoisotopic (exact) mass is 533 g/mol. The molecule has 11 heteroatoms. The molecule has 0 spiro atoms. The van der Waals surface area contributed by atoms with Crippen molar-refractivity contribution in [3.05, 3.63) is 75.4 Å². The normalized spacial score (nSPS) is 17.9. The predicted molar refractivity (Wildman–Crippen MR) is 128 cm³/mol. The van der Waals surface area contributed by atoms with Crippen LogP contribution >= 0.6 is 11.6 Å². The number of carbonyl (C=O) groups excluding carboxylic acids is 1. The van der Waals surface area contributed by atoms with Crippen LogP contribution in [0.1, 0.15) is 39.2 Å². The molecule has 0 radical (unpaired) electrons. The number of aliphatic hydroxyl groups is 1. The van der Waals surface area contributed by atoms with Gasteiger partial charge in [-0.15, -0.1) is 0 Å². The lowest BCUT2D eigenvalue weighted by Gasteiger charge is -2.39. The summed E-state index contributed by atoms with van der Waals surface area (Å²) in [5, 5.41) is 23.4. The molecule has 194 valence electrons. The van der Waals surface area contributed by atoms with E-state index in [9.17, 15) is 33.0 Å². The number of benzene rings is 2. The predicted octanol–water partition coefficient (Wildman–Crippen LogP) is 4.28. The van der Waals surface area contributed by atoms with Crippen LogP contribution in [0.15, 0.2) is 42.5 Å². The van der Waals surface area contributed by atoms with E-state index in [1.807, 2.05) is 0 Å². The number of nitrogens with zero attached hydrogens (tertiary/aromatic N) is 3. The van der Waals surface area contributed by atoms with Gasteiger partial charge in [-0.25, -0.2) is 4.79 Å². The average molecular weight is 534 g/mol. The number of hydrogen-bond donors (Lipinski definition) is 2. The number of aromatic nitrogens is 2. The van der Waals surface area contributed by atoms with Crippen LogP contribution in [0.3, 0.4) is 0 Å². The Balaban J connectivity index is 1.56. The Hall–Kier alpha value is -3.37. The molecule has 1 saturated heterocycles. The number of carboxylic acids is 1. The lowest BCUT2D eigenvalue weighted by Crippen LogP contribution is -2.55. The smallest absolute Gasteiger partial charge is 0.416 e. The third-order valence-corrected chi connectivity index (χ3v) is 7.36. The lowest BCUT2D eigenvalue weighted by molar-refractivity contribution is -0.146. The van der Waals surface area contributed by atoms with E-state index >= 15 is 0 Å². The van der Waals surface area contributed by atoms with Crippen molar-refractivity contribution in [3.63, 3.8) is 0 Å². The number of fused-ring (bicyclic) bond motifs is 1. The van der Waals surface area contributed by atoms with Crippen LogP contribution in [0.5, 0.6) is 0 Å². The number of β-amino-alcohol motifs (C(OH)–C–C–N with tert-alkyl or cyclic N) is 1. The summed E-state index contributed by atoms with van der Waals surface area (Å²) in [6.45, 7) is 0.307. The highest BCUT2D eigenvalue weighted by atomic mass is 35.5. The van der Waals surface area contributed by atoms with Gasteiger partial charge >= 0.3 is 12.1 Å². The molecule has 0 bridgehead atoms. The lowest BCUT2D eigenvalue weighted by atomic mass is 9.84. The van der Waals surface area contributed by atoms with E-state index in [4.69, 9.17) is 11.6 Å². The summed E-state index contributed by atoms with van der Waals surface area (Å²) in [6.07, 6.45) is -3.85. The molecule has 5 rings (SSSR count). The number of rotatable bonds is 5. The number of aromatic carboxylic acids is 1. The maximum Gasteiger partial charge on any atom is 0.416 e. The topological polar surface area (TPSA) is 95.7 Å². The quantitative estimate of drug-likeness (QED) is 0.510. The number of amides is 1. The van der Waals surface area contributed by atoms with E-state index in [0.29, 0.717) is 29.8 Å². The van der Waals surface area contributed by atoms with Gasteiger partial charge in [-0.1, -0.05) is 29.8 Å². The summed E-state index contributed by atoms with van der Waals surface area (Å²) in [6, 6.07) is 9.75. The number of aliphatic hydroxyl groups excluding tert-OH is 1. The van der Waals surface area contributed by atoms with Gasteiger partial charge in [-0.2, -0.15) is 18.3 Å². The van der Waals surface area contributed by atoms with Crippen molar-refractivity contribution in [1.29, 1.82) is 0 Å². The van der Waals surface area contributed by atoms with Crippen LogP contribution in [-0.2, 0) is 30.4 Å². The molecule has 0 saturated carbocycles. The fraction of sp³-hybridized carbons (Fsp3) is 0.346. The minimum atomic E-state index is -4.61. The second-order valence-corrected chi connectivity index (χ2v) is 9.82. The van der Waals surface area contributed by atoms with Gasteiger partial charge in [-0.05, 0) is 37.1 Å². The molecular weight excluding hydrogens is 511 g/mol. The molecular formula is C26H23ClF3N3O4. The molecule has 3 aromatic rings. The fourth-order valence-electron chi connectivity index (χ4n) is 5.05. The Kier molecular flexibility index (Phi) is 6.49. The van der Waals surface area contributed by atoms with Crippen LogP contribution in [0.4, 0.5) is 13.2 Å². The molecule has 37 heavy (non-hydrogen) atoms. The van der Waals surface area contributed by atoms with Crippen LogP contribution in [0, 0.1) is 5.92 Å². The summed E-state index contributed by atoms with van der Waals surface area (Å²) >= 11 is 6.22. The van der Waals surface area contributed by atoms with E-state index in [1.165, 1.54) is 28.9 Å². The number of carboxylic acid groups (broad SMARTS) is 1. The fourth-order valence-corrected chi connectivity index (χ4v) is 5.29. The summed E-state index contributed by atoms with van der Waals surface area (Å²) in [5.74, 6) is -1.55. The molecule has 1 aromatic heterocycles. The molecule has 1 aliphatic carbocycles. The third kappa shape index (κ3) is 4.83. The first-order valence-electron chi connectivity index (χ1n) is 11.8. The Morgan fingerprint density at radius 2 is 1.81 bits per heavy atom. The second kappa shape index (κ2) is 9.50. The van der Waals surface area contributed by atoms with Gasteiger partial charge in [0.25, 0.3) is 0 Å². The second-order valence-electron chi connectivity index (χ2n) is 9.41. The molecule has 1 aliphatic heterocycles. The molecule has 2 heterocycles. The van der Waals surface area contributed by atoms with Gasteiger partial charge in [0.15, 0.2) is 0 Å². The maximum atomic E-state index is 13.8. The average Bonchev–Trinajstić information content (AvgIpc) is 3.20. The molecule has 2 aliphatic rings. The summed E-state index contributed by atoms with van der Waals surface area (Å²) in [5.41, 5.74) is 1.77. The molecule has 2 aromatic carbocycles. The van der Waals surface area contributed by atoms with Crippen LogP contribution in [0.2, 0.25) is 5.02 Å². The zero-order chi connectivity index (χ0) is 26.5. The Morgan fingerprint density at radius 3 is 2.43 bits per heavy atom. The van der Waals surface area contributed by atoms with Crippen molar-refractivity contribution < 1.29 is 33.0 Å².